The molecule has 0 bridgehead atoms. The lowest BCUT2D eigenvalue weighted by molar-refractivity contribution is -0.0500. The van der Waals surface area contributed by atoms with Gasteiger partial charge >= 0.3 is 15.6 Å². The molecular formula is C19H11F3O3S. The van der Waals surface area contributed by atoms with E-state index in [0.29, 0.717) is 5.39 Å². The van der Waals surface area contributed by atoms with Gasteiger partial charge in [-0.1, -0.05) is 48.5 Å². The molecule has 0 aromatic heterocycles. The molecule has 4 rings (SSSR count). The summed E-state index contributed by atoms with van der Waals surface area (Å²) in [5.74, 6) is -0.379. The van der Waals surface area contributed by atoms with E-state index in [1.807, 2.05) is 48.5 Å². The Balaban J connectivity index is 2.03. The Labute approximate surface area is 146 Å². The maximum absolute atomic E-state index is 12.6. The zero-order valence-corrected chi connectivity index (χ0v) is 13.9. The molecule has 0 saturated heterocycles. The van der Waals surface area contributed by atoms with Crippen molar-refractivity contribution in [2.24, 2.45) is 0 Å². The van der Waals surface area contributed by atoms with Crippen molar-refractivity contribution >= 4 is 42.4 Å². The second kappa shape index (κ2) is 5.60. The fourth-order valence-corrected chi connectivity index (χ4v) is 3.56. The lowest BCUT2D eigenvalue weighted by Gasteiger charge is -2.13. The van der Waals surface area contributed by atoms with E-state index in [9.17, 15) is 21.6 Å². The van der Waals surface area contributed by atoms with Crippen LogP contribution in [-0.2, 0) is 10.1 Å². The summed E-state index contributed by atoms with van der Waals surface area (Å²) in [5, 5.41) is 5.08. The molecule has 4 aromatic carbocycles. The molecule has 0 atom stereocenters. The summed E-state index contributed by atoms with van der Waals surface area (Å²) in [6.07, 6.45) is 0. The van der Waals surface area contributed by atoms with Crippen LogP contribution in [0.3, 0.4) is 0 Å². The van der Waals surface area contributed by atoms with E-state index >= 15 is 0 Å². The highest BCUT2D eigenvalue weighted by atomic mass is 32.2. The number of hydrogen-bond donors (Lipinski definition) is 0. The van der Waals surface area contributed by atoms with E-state index in [0.717, 1.165) is 26.9 Å². The Morgan fingerprint density at radius 2 is 1.08 bits per heavy atom. The van der Waals surface area contributed by atoms with Crippen molar-refractivity contribution in [3.05, 3.63) is 66.7 Å². The van der Waals surface area contributed by atoms with Gasteiger partial charge < -0.3 is 4.18 Å². The SMILES string of the molecule is O=S(=O)(Oc1ccc2c3ccccc3c3ccccc3c2c1)C(F)(F)F. The first-order valence-electron chi connectivity index (χ1n) is 7.62. The molecule has 26 heavy (non-hydrogen) atoms. The fraction of sp³-hybridized carbons (Fsp3) is 0.0526. The van der Waals surface area contributed by atoms with Gasteiger partial charge in [-0.15, -0.1) is 0 Å². The number of hydrogen-bond acceptors (Lipinski definition) is 3. The second-order valence-corrected chi connectivity index (χ2v) is 7.32. The van der Waals surface area contributed by atoms with Crippen molar-refractivity contribution in [2.45, 2.75) is 5.51 Å². The molecule has 132 valence electrons. The number of alkyl halides is 3. The van der Waals surface area contributed by atoms with Gasteiger partial charge in [-0.25, -0.2) is 0 Å². The summed E-state index contributed by atoms with van der Waals surface area (Å²) in [5.41, 5.74) is -5.48. The highest BCUT2D eigenvalue weighted by molar-refractivity contribution is 7.88. The van der Waals surface area contributed by atoms with Crippen LogP contribution in [0.25, 0.3) is 32.3 Å². The third kappa shape index (κ3) is 2.55. The first-order chi connectivity index (χ1) is 12.3. The highest BCUT2D eigenvalue weighted by Gasteiger charge is 2.48. The van der Waals surface area contributed by atoms with Crippen LogP contribution in [0.5, 0.6) is 5.75 Å². The van der Waals surface area contributed by atoms with E-state index in [-0.39, 0.29) is 5.75 Å². The molecule has 0 aliphatic rings. The molecule has 0 unspecified atom stereocenters. The van der Waals surface area contributed by atoms with Crippen molar-refractivity contribution in [3.8, 4) is 5.75 Å². The first-order valence-corrected chi connectivity index (χ1v) is 9.03. The summed E-state index contributed by atoms with van der Waals surface area (Å²) in [6, 6.07) is 19.2. The molecule has 0 saturated carbocycles. The van der Waals surface area contributed by atoms with Crippen molar-refractivity contribution in [1.82, 2.24) is 0 Å². The molecule has 7 heteroatoms. The van der Waals surface area contributed by atoms with Gasteiger partial charge in [0.2, 0.25) is 0 Å². The molecule has 0 fully saturated rings. The molecule has 0 N–H and O–H groups in total. The lowest BCUT2D eigenvalue weighted by atomic mass is 9.94. The van der Waals surface area contributed by atoms with Crippen LogP contribution in [0.15, 0.2) is 66.7 Å². The van der Waals surface area contributed by atoms with Crippen LogP contribution >= 0.6 is 0 Å². The average molecular weight is 376 g/mol. The zero-order chi connectivity index (χ0) is 18.5. The van der Waals surface area contributed by atoms with Crippen LogP contribution < -0.4 is 4.18 Å². The summed E-state index contributed by atoms with van der Waals surface area (Å²) in [4.78, 5) is 0. The molecule has 0 radical (unpaired) electrons. The van der Waals surface area contributed by atoms with Gasteiger partial charge in [-0.05, 0) is 50.5 Å². The van der Waals surface area contributed by atoms with Gasteiger partial charge in [-0.2, -0.15) is 21.6 Å². The molecule has 0 spiro atoms. The molecule has 0 aliphatic carbocycles. The normalized spacial score (nSPS) is 12.7. The quantitative estimate of drug-likeness (QED) is 0.268. The predicted octanol–water partition coefficient (Wildman–Crippen LogP) is 5.37. The van der Waals surface area contributed by atoms with Crippen LogP contribution in [0, 0.1) is 0 Å². The number of fused-ring (bicyclic) bond motifs is 6. The molecule has 0 amide bonds. The standard InChI is InChI=1S/C19H11F3O3S/c20-19(21,22)26(23,24)25-12-9-10-17-15-7-2-1-5-13(15)14-6-3-4-8-16(14)18(17)11-12/h1-11H. The van der Waals surface area contributed by atoms with Crippen LogP contribution in [0.1, 0.15) is 0 Å². The highest BCUT2D eigenvalue weighted by Crippen LogP contribution is 2.37. The zero-order valence-electron chi connectivity index (χ0n) is 13.1. The van der Waals surface area contributed by atoms with Crippen LogP contribution in [0.4, 0.5) is 13.2 Å². The van der Waals surface area contributed by atoms with Gasteiger partial charge in [0.1, 0.15) is 5.75 Å². The Kier molecular flexibility index (Phi) is 3.59. The van der Waals surface area contributed by atoms with Gasteiger partial charge in [0.15, 0.2) is 0 Å². The monoisotopic (exact) mass is 376 g/mol. The van der Waals surface area contributed by atoms with Gasteiger partial charge in [0.05, 0.1) is 0 Å². The summed E-state index contributed by atoms with van der Waals surface area (Å²) in [6.45, 7) is 0. The van der Waals surface area contributed by atoms with Crippen molar-refractivity contribution in [1.29, 1.82) is 0 Å². The van der Waals surface area contributed by atoms with Gasteiger partial charge in [-0.3, -0.25) is 0 Å². The molecule has 3 nitrogen and oxygen atoms in total. The van der Waals surface area contributed by atoms with Gasteiger partial charge in [0, 0.05) is 0 Å². The maximum atomic E-state index is 12.6. The van der Waals surface area contributed by atoms with E-state index in [1.165, 1.54) is 12.1 Å². The minimum atomic E-state index is -5.72. The summed E-state index contributed by atoms with van der Waals surface area (Å²) in [7, 11) is -5.72. The molecule has 4 aromatic rings. The van der Waals surface area contributed by atoms with E-state index in [2.05, 4.69) is 4.18 Å². The third-order valence-electron chi connectivity index (χ3n) is 4.21. The third-order valence-corrected chi connectivity index (χ3v) is 5.18. The summed E-state index contributed by atoms with van der Waals surface area (Å²) < 4.78 is 64.6. The number of benzene rings is 4. The fourth-order valence-electron chi connectivity index (χ4n) is 3.11. The van der Waals surface area contributed by atoms with E-state index in [1.54, 1.807) is 6.07 Å². The maximum Gasteiger partial charge on any atom is 0.534 e. The minimum absolute atomic E-state index is 0.379. The first kappa shape index (κ1) is 16.7. The van der Waals surface area contributed by atoms with Crippen molar-refractivity contribution in [2.75, 3.05) is 0 Å². The topological polar surface area (TPSA) is 43.4 Å². The van der Waals surface area contributed by atoms with E-state index in [4.69, 9.17) is 0 Å². The Morgan fingerprint density at radius 3 is 1.54 bits per heavy atom. The lowest BCUT2D eigenvalue weighted by Crippen LogP contribution is -2.28. The van der Waals surface area contributed by atoms with Crippen LogP contribution in [0.2, 0.25) is 0 Å². The van der Waals surface area contributed by atoms with E-state index < -0.39 is 15.6 Å². The Hall–Kier alpha value is -2.80. The number of rotatable bonds is 2. The number of halogens is 3. The van der Waals surface area contributed by atoms with Gasteiger partial charge in [0.25, 0.3) is 0 Å². The van der Waals surface area contributed by atoms with Crippen LogP contribution in [-0.4, -0.2) is 13.9 Å². The molecule has 0 aliphatic heterocycles. The average Bonchev–Trinajstić information content (AvgIpc) is 2.60. The predicted molar refractivity (Wildman–Crippen MR) is 94.6 cm³/mol. The summed E-state index contributed by atoms with van der Waals surface area (Å²) >= 11 is 0. The second-order valence-electron chi connectivity index (χ2n) is 5.78. The molecule has 0 heterocycles. The van der Waals surface area contributed by atoms with Crippen molar-refractivity contribution < 1.29 is 25.8 Å². The molecular weight excluding hydrogens is 365 g/mol. The Bertz CT molecular complexity index is 1230. The van der Waals surface area contributed by atoms with Crippen molar-refractivity contribution in [3.63, 3.8) is 0 Å². The largest absolute Gasteiger partial charge is 0.534 e. The Morgan fingerprint density at radius 1 is 0.654 bits per heavy atom. The minimum Gasteiger partial charge on any atom is -0.376 e. The smallest absolute Gasteiger partial charge is 0.376 e.